The molecule has 6 nitrogen and oxygen atoms in total. The van der Waals surface area contributed by atoms with Crippen molar-refractivity contribution in [3.63, 3.8) is 0 Å². The molecule has 2 aromatic rings. The minimum Gasteiger partial charge on any atom is -0.336 e. The fraction of sp³-hybridized carbons (Fsp3) is 0.353. The molecule has 1 aromatic heterocycles. The van der Waals surface area contributed by atoms with E-state index in [1.165, 1.54) is 4.68 Å². The number of urea groups is 1. The van der Waals surface area contributed by atoms with Crippen molar-refractivity contribution < 1.29 is 4.79 Å². The lowest BCUT2D eigenvalue weighted by atomic mass is 10.2. The van der Waals surface area contributed by atoms with Crippen LogP contribution in [0.5, 0.6) is 0 Å². The van der Waals surface area contributed by atoms with Gasteiger partial charge in [0, 0.05) is 18.3 Å². The third kappa shape index (κ3) is 3.59. The van der Waals surface area contributed by atoms with E-state index in [-0.39, 0.29) is 11.6 Å². The summed E-state index contributed by atoms with van der Waals surface area (Å²) in [6.45, 7) is 2.65. The van der Waals surface area contributed by atoms with Gasteiger partial charge in [0.2, 0.25) is 0 Å². The maximum Gasteiger partial charge on any atom is 0.319 e. The Hall–Kier alpha value is -2.63. The minimum absolute atomic E-state index is 0.105. The molecule has 0 spiro atoms. The molecule has 0 atom stereocenters. The van der Waals surface area contributed by atoms with E-state index < -0.39 is 0 Å². The molecule has 6 heteroatoms. The second kappa shape index (κ2) is 6.64. The van der Waals surface area contributed by atoms with Crippen molar-refractivity contribution in [1.82, 2.24) is 15.1 Å². The molecule has 0 unspecified atom stereocenters. The number of aryl methyl sites for hydroxylation is 3. The van der Waals surface area contributed by atoms with E-state index in [4.69, 9.17) is 0 Å². The van der Waals surface area contributed by atoms with E-state index in [2.05, 4.69) is 15.7 Å². The first-order valence-electron chi connectivity index (χ1n) is 7.84. The van der Waals surface area contributed by atoms with Crippen LogP contribution in [0.1, 0.15) is 23.2 Å². The fourth-order valence-corrected chi connectivity index (χ4v) is 2.75. The molecular formula is C17H20N4O2. The topological polar surface area (TPSA) is 76.0 Å². The Bertz CT molecular complexity index is 782. The van der Waals surface area contributed by atoms with E-state index >= 15 is 0 Å². The van der Waals surface area contributed by atoms with E-state index in [9.17, 15) is 9.59 Å². The van der Waals surface area contributed by atoms with Crippen LogP contribution >= 0.6 is 0 Å². The van der Waals surface area contributed by atoms with Crippen molar-refractivity contribution in [2.24, 2.45) is 0 Å². The lowest BCUT2D eigenvalue weighted by Gasteiger charge is -2.10. The Morgan fingerprint density at radius 3 is 2.96 bits per heavy atom. The molecule has 2 N–H and O–H groups in total. The van der Waals surface area contributed by atoms with Gasteiger partial charge in [0.25, 0.3) is 5.56 Å². The zero-order valence-electron chi connectivity index (χ0n) is 13.1. The van der Waals surface area contributed by atoms with Gasteiger partial charge < -0.3 is 10.6 Å². The van der Waals surface area contributed by atoms with Gasteiger partial charge in [0.15, 0.2) is 0 Å². The van der Waals surface area contributed by atoms with Gasteiger partial charge in [0.1, 0.15) is 0 Å². The van der Waals surface area contributed by atoms with E-state index in [0.29, 0.717) is 13.1 Å². The Kier molecular flexibility index (Phi) is 4.41. The minimum atomic E-state index is -0.284. The molecule has 23 heavy (non-hydrogen) atoms. The number of hydrogen-bond acceptors (Lipinski definition) is 3. The monoisotopic (exact) mass is 312 g/mol. The first kappa shape index (κ1) is 15.3. The molecule has 0 saturated heterocycles. The summed E-state index contributed by atoms with van der Waals surface area (Å²) in [5, 5.41) is 9.93. The van der Waals surface area contributed by atoms with Gasteiger partial charge >= 0.3 is 6.03 Å². The van der Waals surface area contributed by atoms with Gasteiger partial charge in [-0.3, -0.25) is 4.79 Å². The number of rotatable bonds is 4. The van der Waals surface area contributed by atoms with Gasteiger partial charge in [0.05, 0.1) is 12.2 Å². The van der Waals surface area contributed by atoms with Crippen molar-refractivity contribution >= 4 is 11.7 Å². The molecule has 2 amide bonds. The Morgan fingerprint density at radius 2 is 2.13 bits per heavy atom. The predicted octanol–water partition coefficient (Wildman–Crippen LogP) is 1.86. The van der Waals surface area contributed by atoms with Gasteiger partial charge in [-0.2, -0.15) is 5.10 Å². The van der Waals surface area contributed by atoms with Crippen LogP contribution in [0, 0.1) is 6.92 Å². The van der Waals surface area contributed by atoms with Crippen LogP contribution in [0.2, 0.25) is 0 Å². The average Bonchev–Trinajstić information content (AvgIpc) is 2.97. The summed E-state index contributed by atoms with van der Waals surface area (Å²) < 4.78 is 1.43. The fourth-order valence-electron chi connectivity index (χ4n) is 2.75. The highest BCUT2D eigenvalue weighted by atomic mass is 16.2. The summed E-state index contributed by atoms with van der Waals surface area (Å²) in [6, 6.07) is 8.96. The summed E-state index contributed by atoms with van der Waals surface area (Å²) in [5.74, 6) is 0. The van der Waals surface area contributed by atoms with Crippen molar-refractivity contribution in [2.75, 3.05) is 11.9 Å². The molecule has 1 aliphatic carbocycles. The summed E-state index contributed by atoms with van der Waals surface area (Å²) in [7, 11) is 0. The molecule has 0 radical (unpaired) electrons. The zero-order chi connectivity index (χ0) is 16.2. The summed E-state index contributed by atoms with van der Waals surface area (Å²) in [6.07, 6.45) is 2.93. The van der Waals surface area contributed by atoms with Crippen LogP contribution < -0.4 is 16.2 Å². The number of fused-ring (bicyclic) bond motifs is 1. The molecule has 0 saturated carbocycles. The summed E-state index contributed by atoms with van der Waals surface area (Å²) >= 11 is 0. The third-order valence-electron chi connectivity index (χ3n) is 4.03. The Morgan fingerprint density at radius 1 is 1.30 bits per heavy atom. The van der Waals surface area contributed by atoms with E-state index in [1.807, 2.05) is 31.2 Å². The average molecular weight is 312 g/mol. The Labute approximate surface area is 134 Å². The number of amides is 2. The zero-order valence-corrected chi connectivity index (χ0v) is 13.1. The maximum absolute atomic E-state index is 12.0. The highest BCUT2D eigenvalue weighted by molar-refractivity contribution is 5.89. The van der Waals surface area contributed by atoms with Gasteiger partial charge in [-0.15, -0.1) is 0 Å². The first-order valence-corrected chi connectivity index (χ1v) is 7.84. The summed E-state index contributed by atoms with van der Waals surface area (Å²) in [5.41, 5.74) is 3.74. The Balaban J connectivity index is 1.55. The predicted molar refractivity (Wildman–Crippen MR) is 88.7 cm³/mol. The highest BCUT2D eigenvalue weighted by Gasteiger charge is 2.14. The van der Waals surface area contributed by atoms with Crippen LogP contribution in [-0.4, -0.2) is 22.4 Å². The number of carbonyl (C=O) groups excluding carboxylic acids is 1. The number of para-hydroxylation sites is 1. The lowest BCUT2D eigenvalue weighted by molar-refractivity contribution is 0.251. The van der Waals surface area contributed by atoms with Crippen LogP contribution in [0.3, 0.4) is 0 Å². The quantitative estimate of drug-likeness (QED) is 0.905. The highest BCUT2D eigenvalue weighted by Crippen LogP contribution is 2.16. The van der Waals surface area contributed by atoms with Crippen LogP contribution in [0.4, 0.5) is 10.5 Å². The molecule has 1 aromatic carbocycles. The molecule has 0 fully saturated rings. The molecule has 0 bridgehead atoms. The second-order valence-corrected chi connectivity index (χ2v) is 5.73. The molecule has 120 valence electrons. The smallest absolute Gasteiger partial charge is 0.319 e. The third-order valence-corrected chi connectivity index (χ3v) is 4.03. The second-order valence-electron chi connectivity index (χ2n) is 5.73. The number of benzene rings is 1. The van der Waals surface area contributed by atoms with Crippen LogP contribution in [0.15, 0.2) is 35.1 Å². The molecular weight excluding hydrogens is 292 g/mol. The number of carbonyl (C=O) groups is 1. The maximum atomic E-state index is 12.0. The number of nitrogens with one attached hydrogen (secondary N) is 2. The van der Waals surface area contributed by atoms with Gasteiger partial charge in [-0.25, -0.2) is 9.48 Å². The molecule has 3 rings (SSSR count). The molecule has 0 aliphatic heterocycles. The molecule has 1 aliphatic rings. The number of hydrogen-bond donors (Lipinski definition) is 2. The van der Waals surface area contributed by atoms with Crippen molar-refractivity contribution in [2.45, 2.75) is 32.7 Å². The van der Waals surface area contributed by atoms with Crippen molar-refractivity contribution in [3.8, 4) is 0 Å². The normalized spacial score (nSPS) is 12.7. The van der Waals surface area contributed by atoms with Crippen molar-refractivity contribution in [3.05, 3.63) is 57.5 Å². The van der Waals surface area contributed by atoms with Crippen LogP contribution in [-0.2, 0) is 19.4 Å². The largest absolute Gasteiger partial charge is 0.336 e. The van der Waals surface area contributed by atoms with Crippen molar-refractivity contribution in [1.29, 1.82) is 0 Å². The number of aromatic nitrogens is 2. The number of anilines is 1. The number of nitrogens with zero attached hydrogens (tertiary/aromatic N) is 2. The first-order chi connectivity index (χ1) is 11.1. The van der Waals surface area contributed by atoms with Gasteiger partial charge in [-0.05, 0) is 43.4 Å². The van der Waals surface area contributed by atoms with Crippen LogP contribution in [0.25, 0.3) is 0 Å². The van der Waals surface area contributed by atoms with E-state index in [1.54, 1.807) is 6.07 Å². The lowest BCUT2D eigenvalue weighted by Crippen LogP contribution is -2.34. The standard InChI is InChI=1S/C17H20N4O2/c1-12-5-2-3-7-14(12)19-17(23)18-9-10-21-16(22)11-13-6-4-8-15(13)20-21/h2-3,5,7,11H,4,6,8-10H2,1H3,(H2,18,19,23). The van der Waals surface area contributed by atoms with Gasteiger partial charge in [-0.1, -0.05) is 18.2 Å². The summed E-state index contributed by atoms with van der Waals surface area (Å²) in [4.78, 5) is 23.9. The SMILES string of the molecule is Cc1ccccc1NC(=O)NCCn1nc2c(cc1=O)CCC2. The molecule has 1 heterocycles. The van der Waals surface area contributed by atoms with E-state index in [0.717, 1.165) is 41.8 Å².